The Labute approximate surface area is 211 Å². The Morgan fingerprint density at radius 3 is 2.51 bits per heavy atom. The molecule has 1 amide bonds. The summed E-state index contributed by atoms with van der Waals surface area (Å²) in [5.41, 5.74) is 1.97. The van der Waals surface area contributed by atoms with Gasteiger partial charge in [0.05, 0.1) is 22.8 Å². The molecule has 0 bridgehead atoms. The van der Waals surface area contributed by atoms with E-state index in [1.165, 1.54) is 20.5 Å². The topological polar surface area (TPSA) is 59.0 Å². The predicted octanol–water partition coefficient (Wildman–Crippen LogP) is 7.14. The summed E-state index contributed by atoms with van der Waals surface area (Å²) in [5, 5.41) is 13.2. The van der Waals surface area contributed by atoms with Crippen molar-refractivity contribution in [3.63, 3.8) is 0 Å². The van der Waals surface area contributed by atoms with Gasteiger partial charge in [0.2, 0.25) is 0 Å². The largest absolute Gasteiger partial charge is 0.363 e. The zero-order valence-corrected chi connectivity index (χ0v) is 22.0. The number of benzene rings is 2. The Morgan fingerprint density at radius 1 is 1.14 bits per heavy atom. The summed E-state index contributed by atoms with van der Waals surface area (Å²) < 4.78 is 3.26. The molecule has 5 nitrogen and oxygen atoms in total. The number of thiophene rings is 1. The number of nitrogens with one attached hydrogen (secondary N) is 2. The average Bonchev–Trinajstić information content (AvgIpc) is 3.44. The lowest BCUT2D eigenvalue weighted by Gasteiger charge is -2.38. The van der Waals surface area contributed by atoms with Gasteiger partial charge in [-0.2, -0.15) is 5.10 Å². The molecule has 0 saturated heterocycles. The van der Waals surface area contributed by atoms with Gasteiger partial charge in [0, 0.05) is 9.58 Å². The minimum Gasteiger partial charge on any atom is -0.363 e. The van der Waals surface area contributed by atoms with E-state index in [1.807, 2.05) is 17.7 Å². The van der Waals surface area contributed by atoms with Crippen molar-refractivity contribution < 1.29 is 4.79 Å². The molecule has 0 unspecified atom stereocenters. The van der Waals surface area contributed by atoms with Gasteiger partial charge in [-0.15, -0.1) is 11.3 Å². The van der Waals surface area contributed by atoms with Crippen molar-refractivity contribution in [3.05, 3.63) is 82.4 Å². The number of aryl methyl sites for hydroxylation is 1. The number of rotatable bonds is 6. The van der Waals surface area contributed by atoms with Gasteiger partial charge in [0.1, 0.15) is 11.4 Å². The van der Waals surface area contributed by atoms with Gasteiger partial charge < -0.3 is 10.6 Å². The Hall–Kier alpha value is -3.12. The molecule has 35 heavy (non-hydrogen) atoms. The third kappa shape index (κ3) is 4.04. The summed E-state index contributed by atoms with van der Waals surface area (Å²) in [6, 6.07) is 21.2. The van der Waals surface area contributed by atoms with Crippen LogP contribution in [-0.2, 0) is 11.1 Å². The number of aromatic nitrogens is 2. The van der Waals surface area contributed by atoms with Crippen LogP contribution in [-0.4, -0.2) is 15.7 Å². The molecule has 6 heteroatoms. The lowest BCUT2D eigenvalue weighted by Crippen LogP contribution is -2.45. The van der Waals surface area contributed by atoms with Gasteiger partial charge in [0.15, 0.2) is 0 Å². The van der Waals surface area contributed by atoms with E-state index in [0.717, 1.165) is 30.8 Å². The van der Waals surface area contributed by atoms with Gasteiger partial charge in [-0.25, -0.2) is 4.68 Å². The first-order chi connectivity index (χ1) is 16.8. The van der Waals surface area contributed by atoms with E-state index in [9.17, 15) is 4.79 Å². The van der Waals surface area contributed by atoms with E-state index in [2.05, 4.69) is 92.9 Å². The van der Waals surface area contributed by atoms with E-state index in [0.29, 0.717) is 5.56 Å². The molecule has 1 aliphatic rings. The normalized spacial score (nSPS) is 17.1. The van der Waals surface area contributed by atoms with Crippen LogP contribution in [0.3, 0.4) is 0 Å². The van der Waals surface area contributed by atoms with Crippen LogP contribution in [0.4, 0.5) is 5.82 Å². The second-order valence-corrected chi connectivity index (χ2v) is 11.3. The third-order valence-corrected chi connectivity index (χ3v) is 8.85. The SMILES string of the molecule is CCC(CC)(NC(=O)c1c(C)nn2c1N[C@@H](c1ccccc1)CC2(C)C)c1cc2ccccc2s1. The van der Waals surface area contributed by atoms with E-state index in [1.54, 1.807) is 11.3 Å². The van der Waals surface area contributed by atoms with Gasteiger partial charge in [-0.05, 0) is 63.1 Å². The van der Waals surface area contributed by atoms with E-state index >= 15 is 0 Å². The quantitative estimate of drug-likeness (QED) is 0.304. The smallest absolute Gasteiger partial charge is 0.257 e. The molecule has 3 heterocycles. The zero-order valence-electron chi connectivity index (χ0n) is 21.2. The first-order valence-corrected chi connectivity index (χ1v) is 13.3. The number of nitrogens with zero attached hydrogens (tertiary/aromatic N) is 2. The van der Waals surface area contributed by atoms with Gasteiger partial charge in [0.25, 0.3) is 5.91 Å². The lowest BCUT2D eigenvalue weighted by atomic mass is 9.88. The highest BCUT2D eigenvalue weighted by molar-refractivity contribution is 7.19. The van der Waals surface area contributed by atoms with E-state index < -0.39 is 5.54 Å². The number of carbonyl (C=O) groups is 1. The van der Waals surface area contributed by atoms with Crippen molar-refractivity contribution >= 4 is 33.1 Å². The van der Waals surface area contributed by atoms with Crippen molar-refractivity contribution in [1.29, 1.82) is 0 Å². The van der Waals surface area contributed by atoms with Crippen LogP contribution < -0.4 is 10.6 Å². The summed E-state index contributed by atoms with van der Waals surface area (Å²) in [6.45, 7) is 10.6. The summed E-state index contributed by atoms with van der Waals surface area (Å²) in [6.07, 6.45) is 2.52. The van der Waals surface area contributed by atoms with Crippen molar-refractivity contribution in [1.82, 2.24) is 15.1 Å². The monoisotopic (exact) mass is 486 g/mol. The molecular weight excluding hydrogens is 452 g/mol. The van der Waals surface area contributed by atoms with Crippen LogP contribution in [0.1, 0.15) is 79.5 Å². The van der Waals surface area contributed by atoms with Crippen LogP contribution in [0, 0.1) is 6.92 Å². The summed E-state index contributed by atoms with van der Waals surface area (Å²) in [5.74, 6) is 0.740. The van der Waals surface area contributed by atoms with Crippen LogP contribution in [0.2, 0.25) is 0 Å². The number of anilines is 1. The van der Waals surface area contributed by atoms with Crippen molar-refractivity contribution in [2.24, 2.45) is 0 Å². The lowest BCUT2D eigenvalue weighted by molar-refractivity contribution is 0.0891. The first kappa shape index (κ1) is 23.6. The molecule has 0 fully saturated rings. The molecule has 4 aromatic rings. The molecular formula is C29H34N4OS. The van der Waals surface area contributed by atoms with Crippen LogP contribution in [0.15, 0.2) is 60.7 Å². The molecule has 2 N–H and O–H groups in total. The maximum atomic E-state index is 14.0. The molecule has 0 spiro atoms. The highest BCUT2D eigenvalue weighted by Crippen LogP contribution is 2.42. The van der Waals surface area contributed by atoms with Crippen LogP contribution in [0.5, 0.6) is 0 Å². The minimum atomic E-state index is -0.426. The molecule has 0 aliphatic carbocycles. The zero-order chi connectivity index (χ0) is 24.8. The Bertz CT molecular complexity index is 1330. The summed E-state index contributed by atoms with van der Waals surface area (Å²) >= 11 is 1.77. The molecule has 0 radical (unpaired) electrons. The predicted molar refractivity (Wildman–Crippen MR) is 145 cm³/mol. The van der Waals surface area contributed by atoms with Crippen LogP contribution in [0.25, 0.3) is 10.1 Å². The molecule has 0 saturated carbocycles. The second-order valence-electron chi connectivity index (χ2n) is 10.2. The first-order valence-electron chi connectivity index (χ1n) is 12.5. The number of carbonyl (C=O) groups excluding carboxylic acids is 1. The molecule has 182 valence electrons. The Morgan fingerprint density at radius 2 is 1.83 bits per heavy atom. The standard InChI is InChI=1S/C29H34N4OS/c1-6-29(7-2,24-17-21-15-11-12-16-23(21)35-24)31-27(34)25-19(3)32-33-26(25)30-22(18-28(33,4)5)20-13-9-8-10-14-20/h8-17,22,30H,6-7,18H2,1-5H3,(H,31,34)/t22-/m1/s1. The average molecular weight is 487 g/mol. The number of hydrogen-bond acceptors (Lipinski definition) is 4. The maximum absolute atomic E-state index is 14.0. The van der Waals surface area contributed by atoms with Crippen molar-refractivity contribution in [3.8, 4) is 0 Å². The van der Waals surface area contributed by atoms with E-state index in [4.69, 9.17) is 5.10 Å². The third-order valence-electron chi connectivity index (χ3n) is 7.53. The van der Waals surface area contributed by atoms with E-state index in [-0.39, 0.29) is 17.5 Å². The van der Waals surface area contributed by atoms with Gasteiger partial charge >= 0.3 is 0 Å². The van der Waals surface area contributed by atoms with Gasteiger partial charge in [-0.3, -0.25) is 4.79 Å². The Kier molecular flexibility index (Phi) is 5.96. The van der Waals surface area contributed by atoms with Crippen molar-refractivity contribution in [2.75, 3.05) is 5.32 Å². The molecule has 5 rings (SSSR count). The molecule has 2 aromatic heterocycles. The Balaban J connectivity index is 1.53. The second kappa shape index (κ2) is 8.83. The molecule has 1 atom stereocenters. The van der Waals surface area contributed by atoms with Crippen LogP contribution >= 0.6 is 11.3 Å². The number of fused-ring (bicyclic) bond motifs is 2. The maximum Gasteiger partial charge on any atom is 0.257 e. The number of hydrogen-bond donors (Lipinski definition) is 2. The fraction of sp³-hybridized carbons (Fsp3) is 0.379. The highest BCUT2D eigenvalue weighted by Gasteiger charge is 2.40. The number of amides is 1. The van der Waals surface area contributed by atoms with Gasteiger partial charge in [-0.1, -0.05) is 62.4 Å². The minimum absolute atomic E-state index is 0.0677. The molecule has 2 aromatic carbocycles. The summed E-state index contributed by atoms with van der Waals surface area (Å²) in [4.78, 5) is 15.2. The molecule has 1 aliphatic heterocycles. The highest BCUT2D eigenvalue weighted by atomic mass is 32.1. The van der Waals surface area contributed by atoms with Crippen molar-refractivity contribution in [2.45, 2.75) is 71.0 Å². The fourth-order valence-corrected chi connectivity index (χ4v) is 6.74. The fourth-order valence-electron chi connectivity index (χ4n) is 5.39. The summed E-state index contributed by atoms with van der Waals surface area (Å²) in [7, 11) is 0.